The standard InChI is InChI=1S/C22H26N2O3S.ClH/c25-22(24-15-21-20-8-4-1-5-16(20)13-14-23-21)17-9-11-19(12-10-17)28(26,27)18-6-2-3-7-18;/h1,4-5,8-12,18,21,23H,2-3,6-7,13-15H2,(H,24,25);1H. The molecule has 1 unspecified atom stereocenters. The molecule has 1 aliphatic heterocycles. The molecule has 2 N–H and O–H groups in total. The number of nitrogens with one attached hydrogen (secondary N) is 2. The molecule has 5 nitrogen and oxygen atoms in total. The fraction of sp³-hybridized carbons (Fsp3) is 0.409. The monoisotopic (exact) mass is 434 g/mol. The topological polar surface area (TPSA) is 75.3 Å². The van der Waals surface area contributed by atoms with Crippen LogP contribution < -0.4 is 10.6 Å². The van der Waals surface area contributed by atoms with Gasteiger partial charge in [-0.3, -0.25) is 4.79 Å². The third-order valence-electron chi connectivity index (χ3n) is 5.87. The molecule has 29 heavy (non-hydrogen) atoms. The fourth-order valence-electron chi connectivity index (χ4n) is 4.26. The van der Waals surface area contributed by atoms with Crippen LogP contribution in [-0.2, 0) is 16.3 Å². The average molecular weight is 435 g/mol. The smallest absolute Gasteiger partial charge is 0.251 e. The molecule has 156 valence electrons. The van der Waals surface area contributed by atoms with Crippen LogP contribution in [0, 0.1) is 0 Å². The van der Waals surface area contributed by atoms with Crippen molar-refractivity contribution in [2.75, 3.05) is 13.1 Å². The van der Waals surface area contributed by atoms with Gasteiger partial charge in [-0.2, -0.15) is 0 Å². The van der Waals surface area contributed by atoms with Gasteiger partial charge in [-0.15, -0.1) is 12.4 Å². The number of sulfone groups is 1. The van der Waals surface area contributed by atoms with E-state index in [4.69, 9.17) is 0 Å². The summed E-state index contributed by atoms with van der Waals surface area (Å²) in [5, 5.41) is 6.15. The molecular formula is C22H27ClN2O3S. The van der Waals surface area contributed by atoms with Crippen molar-refractivity contribution in [2.45, 2.75) is 48.3 Å². The first-order chi connectivity index (χ1) is 13.6. The van der Waals surface area contributed by atoms with Gasteiger partial charge in [0.15, 0.2) is 9.84 Å². The van der Waals surface area contributed by atoms with E-state index in [9.17, 15) is 13.2 Å². The van der Waals surface area contributed by atoms with Crippen LogP contribution in [0.5, 0.6) is 0 Å². The number of benzene rings is 2. The maximum absolute atomic E-state index is 12.7. The minimum atomic E-state index is -3.29. The Morgan fingerprint density at radius 3 is 2.45 bits per heavy atom. The van der Waals surface area contributed by atoms with Gasteiger partial charge in [0.05, 0.1) is 10.1 Å². The molecular weight excluding hydrogens is 408 g/mol. The number of amides is 1. The predicted molar refractivity (Wildman–Crippen MR) is 116 cm³/mol. The number of halogens is 1. The molecule has 2 aromatic rings. The molecule has 0 saturated heterocycles. The molecule has 1 saturated carbocycles. The Balaban J connectivity index is 0.00000240. The second kappa shape index (κ2) is 9.28. The van der Waals surface area contributed by atoms with Crippen LogP contribution in [0.2, 0.25) is 0 Å². The molecule has 1 fully saturated rings. The number of rotatable bonds is 5. The summed E-state index contributed by atoms with van der Waals surface area (Å²) in [5.74, 6) is -0.185. The van der Waals surface area contributed by atoms with Crippen molar-refractivity contribution < 1.29 is 13.2 Å². The number of carbonyl (C=O) groups excluding carboxylic acids is 1. The summed E-state index contributed by atoms with van der Waals surface area (Å²) in [4.78, 5) is 12.8. The Kier molecular flexibility index (Phi) is 6.98. The summed E-state index contributed by atoms with van der Waals surface area (Å²) in [6.45, 7) is 1.39. The maximum Gasteiger partial charge on any atom is 0.251 e. The van der Waals surface area contributed by atoms with E-state index >= 15 is 0 Å². The lowest BCUT2D eigenvalue weighted by molar-refractivity contribution is 0.0949. The predicted octanol–water partition coefficient (Wildman–Crippen LogP) is 3.44. The van der Waals surface area contributed by atoms with Crippen LogP contribution in [0.4, 0.5) is 0 Å². The Morgan fingerprint density at radius 2 is 1.72 bits per heavy atom. The first kappa shape index (κ1) is 21.8. The summed E-state index contributed by atoms with van der Waals surface area (Å²) in [6.07, 6.45) is 4.42. The van der Waals surface area contributed by atoms with Gasteiger partial charge in [0.25, 0.3) is 5.91 Å². The summed E-state index contributed by atoms with van der Waals surface area (Å²) in [5.41, 5.74) is 3.03. The zero-order valence-corrected chi connectivity index (χ0v) is 17.9. The SMILES string of the molecule is Cl.O=C(NCC1NCCc2ccccc21)c1ccc(S(=O)(=O)C2CCCC2)cc1. The van der Waals surface area contributed by atoms with E-state index in [1.54, 1.807) is 24.3 Å². The minimum absolute atomic E-state index is 0. The van der Waals surface area contributed by atoms with Crippen molar-refractivity contribution >= 4 is 28.2 Å². The van der Waals surface area contributed by atoms with Crippen LogP contribution in [0.15, 0.2) is 53.4 Å². The fourth-order valence-corrected chi connectivity index (χ4v) is 6.11. The normalized spacial score (nSPS) is 19.2. The molecule has 1 atom stereocenters. The van der Waals surface area contributed by atoms with Gasteiger partial charge in [0, 0.05) is 18.2 Å². The minimum Gasteiger partial charge on any atom is -0.350 e. The van der Waals surface area contributed by atoms with E-state index in [-0.39, 0.29) is 29.6 Å². The van der Waals surface area contributed by atoms with Gasteiger partial charge in [-0.1, -0.05) is 37.1 Å². The second-order valence-electron chi connectivity index (χ2n) is 7.64. The Morgan fingerprint density at radius 1 is 1.03 bits per heavy atom. The largest absolute Gasteiger partial charge is 0.350 e. The molecule has 0 radical (unpaired) electrons. The number of hydrogen-bond acceptors (Lipinski definition) is 4. The highest BCUT2D eigenvalue weighted by Crippen LogP contribution is 2.29. The van der Waals surface area contributed by atoms with Crippen molar-refractivity contribution in [3.63, 3.8) is 0 Å². The highest BCUT2D eigenvalue weighted by molar-refractivity contribution is 7.92. The van der Waals surface area contributed by atoms with E-state index in [0.717, 1.165) is 38.6 Å². The molecule has 1 heterocycles. The zero-order valence-electron chi connectivity index (χ0n) is 16.3. The van der Waals surface area contributed by atoms with Gasteiger partial charge < -0.3 is 10.6 Å². The van der Waals surface area contributed by atoms with E-state index in [1.807, 2.05) is 12.1 Å². The Bertz CT molecular complexity index is 954. The third-order valence-corrected chi connectivity index (χ3v) is 8.15. The van der Waals surface area contributed by atoms with Gasteiger partial charge in [-0.05, 0) is 61.2 Å². The summed E-state index contributed by atoms with van der Waals surface area (Å²) in [7, 11) is -3.29. The van der Waals surface area contributed by atoms with Crippen LogP contribution in [0.3, 0.4) is 0 Å². The summed E-state index contributed by atoms with van der Waals surface area (Å²) < 4.78 is 25.3. The molecule has 0 spiro atoms. The molecule has 2 aliphatic rings. The maximum atomic E-state index is 12.7. The summed E-state index contributed by atoms with van der Waals surface area (Å²) >= 11 is 0. The van der Waals surface area contributed by atoms with Crippen molar-refractivity contribution in [3.05, 3.63) is 65.2 Å². The molecule has 2 aromatic carbocycles. The van der Waals surface area contributed by atoms with Crippen molar-refractivity contribution in [1.29, 1.82) is 0 Å². The molecule has 0 bridgehead atoms. The number of hydrogen-bond donors (Lipinski definition) is 2. The van der Waals surface area contributed by atoms with Gasteiger partial charge in [-0.25, -0.2) is 8.42 Å². The molecule has 0 aromatic heterocycles. The highest BCUT2D eigenvalue weighted by Gasteiger charge is 2.30. The van der Waals surface area contributed by atoms with Gasteiger partial charge >= 0.3 is 0 Å². The quantitative estimate of drug-likeness (QED) is 0.755. The van der Waals surface area contributed by atoms with Crippen molar-refractivity contribution in [1.82, 2.24) is 10.6 Å². The average Bonchev–Trinajstić information content (AvgIpc) is 3.28. The van der Waals surface area contributed by atoms with E-state index in [1.165, 1.54) is 11.1 Å². The van der Waals surface area contributed by atoms with Crippen LogP contribution in [0.1, 0.15) is 53.2 Å². The second-order valence-corrected chi connectivity index (χ2v) is 9.87. The number of carbonyl (C=O) groups is 1. The van der Waals surface area contributed by atoms with E-state index in [0.29, 0.717) is 17.0 Å². The first-order valence-corrected chi connectivity index (χ1v) is 11.5. The third kappa shape index (κ3) is 4.65. The lowest BCUT2D eigenvalue weighted by atomic mass is 9.94. The lowest BCUT2D eigenvalue weighted by Gasteiger charge is -2.27. The molecule has 4 rings (SSSR count). The molecule has 1 aliphatic carbocycles. The van der Waals surface area contributed by atoms with Crippen molar-refractivity contribution in [3.8, 4) is 0 Å². The zero-order chi connectivity index (χ0) is 19.6. The molecule has 1 amide bonds. The van der Waals surface area contributed by atoms with Crippen LogP contribution in [0.25, 0.3) is 0 Å². The molecule has 7 heteroatoms. The summed E-state index contributed by atoms with van der Waals surface area (Å²) in [6, 6.07) is 14.7. The van der Waals surface area contributed by atoms with Crippen LogP contribution >= 0.6 is 12.4 Å². The lowest BCUT2D eigenvalue weighted by Crippen LogP contribution is -2.38. The Hall–Kier alpha value is -1.89. The Labute approximate surface area is 178 Å². The van der Waals surface area contributed by atoms with Crippen molar-refractivity contribution in [2.24, 2.45) is 0 Å². The van der Waals surface area contributed by atoms with Crippen LogP contribution in [-0.4, -0.2) is 32.7 Å². The first-order valence-electron chi connectivity index (χ1n) is 9.99. The highest BCUT2D eigenvalue weighted by atomic mass is 35.5. The van der Waals surface area contributed by atoms with Gasteiger partial charge in [0.1, 0.15) is 0 Å². The van der Waals surface area contributed by atoms with E-state index in [2.05, 4.69) is 22.8 Å². The van der Waals surface area contributed by atoms with Gasteiger partial charge in [0.2, 0.25) is 0 Å². The van der Waals surface area contributed by atoms with E-state index < -0.39 is 9.84 Å². The number of fused-ring (bicyclic) bond motifs is 1.